The number of carbonyl (C=O) groups is 8. The second kappa shape index (κ2) is 25.0. The Kier molecular flexibility index (Phi) is 19.9. The molecule has 0 heterocycles. The molecular weight excluding hydrogens is 796 g/mol. The molecule has 0 radical (unpaired) electrons. The second-order valence-electron chi connectivity index (χ2n) is 13.8. The molecule has 61 heavy (non-hydrogen) atoms. The average Bonchev–Trinajstić information content (AvgIpc) is 3.25. The number of hydrogen-bond acceptors (Lipinski definition) is 12. The molecule has 0 aliphatic heterocycles. The van der Waals surface area contributed by atoms with E-state index in [1.165, 1.54) is 6.92 Å². The van der Waals surface area contributed by atoms with Gasteiger partial charge in [-0.3, -0.25) is 38.4 Å². The first-order valence-electron chi connectivity index (χ1n) is 19.2. The quantitative estimate of drug-likeness (QED) is 0.0412. The summed E-state index contributed by atoms with van der Waals surface area (Å²) >= 11 is 0. The molecule has 7 atom stereocenters. The van der Waals surface area contributed by atoms with Gasteiger partial charge in [-0.25, -0.2) is 0 Å². The average molecular weight is 849 g/mol. The third-order valence-corrected chi connectivity index (χ3v) is 9.06. The molecule has 0 spiro atoms. The Balaban J connectivity index is 1.77. The standard InChI is InChI=1S/C41H52N8O12/c1-24(52)35(49-38(58)29(44-33(53)20-42)18-26-13-7-3-8-14-26)41(61)46-30(19-27-15-9-4-10-16-27)37(57)47-32(23-51)40(60)48-31(22-50)39(59)45-28(36(56)43-21-34(54)55)17-25-11-5-2-6-12-25/h2-16,24,28-32,35,50-52H,17-23,42H2,1H3,(H,43,56)(H,44,53)(H,45,59)(H,46,61)(H,47,57)(H,48,60)(H,49,58)(H,54,55)/t24-,28+,29+,30+,31+,32+,35+/m1/s1. The lowest BCUT2D eigenvalue weighted by Gasteiger charge is -2.28. The van der Waals surface area contributed by atoms with Crippen molar-refractivity contribution in [2.75, 3.05) is 26.3 Å². The van der Waals surface area contributed by atoms with Crippen LogP contribution >= 0.6 is 0 Å². The number of hydrogen-bond donors (Lipinski definition) is 12. The predicted octanol–water partition coefficient (Wildman–Crippen LogP) is -3.85. The minimum Gasteiger partial charge on any atom is -0.480 e. The summed E-state index contributed by atoms with van der Waals surface area (Å²) in [5.41, 5.74) is 7.24. The normalized spacial score (nSPS) is 14.2. The molecule has 20 nitrogen and oxygen atoms in total. The Morgan fingerprint density at radius 1 is 0.508 bits per heavy atom. The summed E-state index contributed by atoms with van der Waals surface area (Å²) < 4.78 is 0. The Labute approximate surface area is 351 Å². The van der Waals surface area contributed by atoms with Crippen LogP contribution in [0.1, 0.15) is 23.6 Å². The van der Waals surface area contributed by atoms with E-state index in [-0.39, 0.29) is 19.3 Å². The fraction of sp³-hybridized carbons (Fsp3) is 0.366. The molecule has 328 valence electrons. The van der Waals surface area contributed by atoms with E-state index in [0.29, 0.717) is 16.7 Å². The number of amides is 7. The lowest BCUT2D eigenvalue weighted by Crippen LogP contribution is -2.62. The van der Waals surface area contributed by atoms with Crippen molar-refractivity contribution in [3.05, 3.63) is 108 Å². The predicted molar refractivity (Wildman–Crippen MR) is 218 cm³/mol. The third kappa shape index (κ3) is 16.4. The molecule has 0 saturated heterocycles. The van der Waals surface area contributed by atoms with E-state index < -0.39 is 116 Å². The highest BCUT2D eigenvalue weighted by Gasteiger charge is 2.35. The number of nitrogens with one attached hydrogen (secondary N) is 7. The van der Waals surface area contributed by atoms with Crippen LogP contribution in [0.3, 0.4) is 0 Å². The highest BCUT2D eigenvalue weighted by molar-refractivity contribution is 5.97. The number of aliphatic carboxylic acids is 1. The fourth-order valence-electron chi connectivity index (χ4n) is 5.84. The van der Waals surface area contributed by atoms with E-state index in [1.807, 2.05) is 0 Å². The summed E-state index contributed by atoms with van der Waals surface area (Å²) in [7, 11) is 0. The van der Waals surface area contributed by atoms with Gasteiger partial charge in [0, 0.05) is 19.3 Å². The van der Waals surface area contributed by atoms with Crippen molar-refractivity contribution in [3.63, 3.8) is 0 Å². The zero-order chi connectivity index (χ0) is 44.9. The number of aliphatic hydroxyl groups is 3. The highest BCUT2D eigenvalue weighted by atomic mass is 16.4. The Hall–Kier alpha value is -6.74. The summed E-state index contributed by atoms with van der Waals surface area (Å²) in [4.78, 5) is 104. The maximum atomic E-state index is 13.8. The van der Waals surface area contributed by atoms with Crippen molar-refractivity contribution in [3.8, 4) is 0 Å². The lowest BCUT2D eigenvalue weighted by molar-refractivity contribution is -0.138. The summed E-state index contributed by atoms with van der Waals surface area (Å²) in [6.07, 6.45) is -1.80. The van der Waals surface area contributed by atoms with E-state index in [1.54, 1.807) is 91.0 Å². The topological polar surface area (TPSA) is 328 Å². The van der Waals surface area contributed by atoms with Crippen LogP contribution in [0.5, 0.6) is 0 Å². The lowest BCUT2D eigenvalue weighted by atomic mass is 10.0. The first-order chi connectivity index (χ1) is 29.1. The van der Waals surface area contributed by atoms with E-state index in [2.05, 4.69) is 37.2 Å². The molecular formula is C41H52N8O12. The minimum absolute atomic E-state index is 0.00536. The molecule has 3 aromatic rings. The van der Waals surface area contributed by atoms with Gasteiger partial charge in [-0.15, -0.1) is 0 Å². The van der Waals surface area contributed by atoms with Gasteiger partial charge in [0.2, 0.25) is 41.4 Å². The van der Waals surface area contributed by atoms with E-state index in [0.717, 1.165) is 0 Å². The number of nitrogens with two attached hydrogens (primary N) is 1. The largest absolute Gasteiger partial charge is 0.480 e. The Morgan fingerprint density at radius 3 is 1.23 bits per heavy atom. The van der Waals surface area contributed by atoms with Crippen molar-refractivity contribution < 1.29 is 58.8 Å². The van der Waals surface area contributed by atoms with Gasteiger partial charge in [0.05, 0.1) is 25.9 Å². The second-order valence-corrected chi connectivity index (χ2v) is 13.8. The van der Waals surface area contributed by atoms with Crippen molar-refractivity contribution in [1.82, 2.24) is 37.2 Å². The molecule has 0 aromatic heterocycles. The van der Waals surface area contributed by atoms with Gasteiger partial charge in [0.15, 0.2) is 0 Å². The van der Waals surface area contributed by atoms with Crippen molar-refractivity contribution in [1.29, 1.82) is 0 Å². The highest BCUT2D eigenvalue weighted by Crippen LogP contribution is 2.09. The molecule has 0 aliphatic carbocycles. The van der Waals surface area contributed by atoms with E-state index in [4.69, 9.17) is 10.8 Å². The van der Waals surface area contributed by atoms with E-state index >= 15 is 0 Å². The first kappa shape index (κ1) is 48.6. The monoisotopic (exact) mass is 848 g/mol. The van der Waals surface area contributed by atoms with Gasteiger partial charge in [-0.1, -0.05) is 91.0 Å². The zero-order valence-corrected chi connectivity index (χ0v) is 33.3. The van der Waals surface area contributed by atoms with Crippen LogP contribution in [0, 0.1) is 0 Å². The number of rotatable bonds is 24. The molecule has 0 fully saturated rings. The Morgan fingerprint density at radius 2 is 0.852 bits per heavy atom. The number of benzene rings is 3. The van der Waals surface area contributed by atoms with Crippen molar-refractivity contribution >= 4 is 47.3 Å². The molecule has 0 saturated carbocycles. The fourth-order valence-corrected chi connectivity index (χ4v) is 5.84. The molecule has 7 amide bonds. The van der Waals surface area contributed by atoms with Gasteiger partial charge in [-0.2, -0.15) is 0 Å². The SMILES string of the molecule is C[C@@H](O)[C@H](NC(=O)[C@H](Cc1ccccc1)NC(=O)CN)C(=O)N[C@@H](Cc1ccccc1)C(=O)N[C@@H](CO)C(=O)N[C@@H](CO)C(=O)N[C@@H](Cc1ccccc1)C(=O)NCC(=O)O. The van der Waals surface area contributed by atoms with Crippen LogP contribution in [0.15, 0.2) is 91.0 Å². The summed E-state index contributed by atoms with van der Waals surface area (Å²) in [5, 5.41) is 56.3. The number of carboxylic acids is 1. The maximum Gasteiger partial charge on any atom is 0.322 e. The van der Waals surface area contributed by atoms with Crippen LogP contribution in [0.2, 0.25) is 0 Å². The van der Waals surface area contributed by atoms with Crippen LogP contribution in [0.25, 0.3) is 0 Å². The number of carbonyl (C=O) groups excluding carboxylic acids is 7. The minimum atomic E-state index is -1.76. The van der Waals surface area contributed by atoms with Crippen molar-refractivity contribution in [2.45, 2.75) is 68.5 Å². The molecule has 0 bridgehead atoms. The van der Waals surface area contributed by atoms with Crippen LogP contribution < -0.4 is 43.0 Å². The molecule has 3 rings (SSSR count). The summed E-state index contributed by atoms with van der Waals surface area (Å²) in [6.45, 7) is -1.99. The van der Waals surface area contributed by atoms with Gasteiger partial charge >= 0.3 is 5.97 Å². The first-order valence-corrected chi connectivity index (χ1v) is 19.2. The third-order valence-electron chi connectivity index (χ3n) is 9.06. The molecule has 0 unspecified atom stereocenters. The molecule has 13 N–H and O–H groups in total. The van der Waals surface area contributed by atoms with Crippen LogP contribution in [0.4, 0.5) is 0 Å². The zero-order valence-electron chi connectivity index (χ0n) is 33.3. The molecule has 0 aliphatic rings. The Bertz CT molecular complexity index is 1940. The number of carboxylic acid groups (broad SMARTS) is 1. The van der Waals surface area contributed by atoms with Crippen molar-refractivity contribution in [2.24, 2.45) is 5.73 Å². The summed E-state index contributed by atoms with van der Waals surface area (Å²) in [6, 6.07) is 16.2. The maximum absolute atomic E-state index is 13.8. The van der Waals surface area contributed by atoms with E-state index in [9.17, 15) is 53.7 Å². The van der Waals surface area contributed by atoms with Gasteiger partial charge in [-0.05, 0) is 23.6 Å². The van der Waals surface area contributed by atoms with Gasteiger partial charge < -0.3 is 63.4 Å². The van der Waals surface area contributed by atoms with Crippen LogP contribution in [-0.2, 0) is 57.6 Å². The molecule has 20 heteroatoms. The number of aliphatic hydroxyl groups excluding tert-OH is 3. The van der Waals surface area contributed by atoms with Crippen LogP contribution in [-0.4, -0.2) is 136 Å². The van der Waals surface area contributed by atoms with Gasteiger partial charge in [0.1, 0.15) is 42.8 Å². The van der Waals surface area contributed by atoms with Gasteiger partial charge in [0.25, 0.3) is 0 Å². The smallest absolute Gasteiger partial charge is 0.322 e. The molecule has 3 aromatic carbocycles. The summed E-state index contributed by atoms with van der Waals surface area (Å²) in [5.74, 6) is -7.95.